The lowest BCUT2D eigenvalue weighted by Crippen LogP contribution is -2.48. The molecule has 11 nitrogen and oxygen atoms in total. The van der Waals surface area contributed by atoms with E-state index in [1.807, 2.05) is 0 Å². The fraction of sp³-hybridized carbons (Fsp3) is 0.793. The number of hydrogen-bond donors (Lipinski definition) is 6. The fourth-order valence-corrected chi connectivity index (χ4v) is 7.69. The summed E-state index contributed by atoms with van der Waals surface area (Å²) in [5.74, 6) is 0.0649. The second kappa shape index (κ2) is 12.1. The van der Waals surface area contributed by atoms with Crippen molar-refractivity contribution in [2.75, 3.05) is 25.0 Å². The van der Waals surface area contributed by atoms with Crippen LogP contribution in [0, 0.1) is 28.6 Å². The van der Waals surface area contributed by atoms with Crippen molar-refractivity contribution in [2.24, 2.45) is 33.1 Å². The highest BCUT2D eigenvalue weighted by Crippen LogP contribution is 2.46. The van der Waals surface area contributed by atoms with Crippen molar-refractivity contribution in [1.29, 1.82) is 0 Å². The number of amides is 3. The van der Waals surface area contributed by atoms with Gasteiger partial charge in [-0.05, 0) is 67.1 Å². The molecule has 2 aliphatic carbocycles. The number of rotatable bonds is 8. The van der Waals surface area contributed by atoms with E-state index < -0.39 is 12.1 Å². The molecule has 40 heavy (non-hydrogen) atoms. The van der Waals surface area contributed by atoms with Crippen molar-refractivity contribution in [2.45, 2.75) is 105 Å². The quantitative estimate of drug-likeness (QED) is 0.281. The highest BCUT2D eigenvalue weighted by molar-refractivity contribution is 5.87. The lowest BCUT2D eigenvalue weighted by Gasteiger charge is -2.45. The molecule has 4 unspecified atom stereocenters. The van der Waals surface area contributed by atoms with Gasteiger partial charge in [0.25, 0.3) is 5.56 Å². The molecule has 1 aromatic heterocycles. The van der Waals surface area contributed by atoms with Crippen LogP contribution in [0.25, 0.3) is 0 Å². The summed E-state index contributed by atoms with van der Waals surface area (Å²) >= 11 is 0. The van der Waals surface area contributed by atoms with Gasteiger partial charge in [-0.1, -0.05) is 41.5 Å². The molecule has 0 saturated heterocycles. The zero-order valence-electron chi connectivity index (χ0n) is 25.5. The topological polar surface area (TPSA) is 177 Å². The number of anilines is 1. The first-order chi connectivity index (χ1) is 18.4. The Labute approximate surface area is 238 Å². The zero-order chi connectivity index (χ0) is 29.9. The van der Waals surface area contributed by atoms with Crippen molar-refractivity contribution in [3.8, 4) is 0 Å². The van der Waals surface area contributed by atoms with Gasteiger partial charge in [-0.15, -0.1) is 0 Å². The number of carbonyl (C=O) groups excluding carboxylic acids is 2. The maximum absolute atomic E-state index is 12.7. The number of ether oxygens (including phenoxy) is 1. The first-order valence-corrected chi connectivity index (χ1v) is 14.4. The maximum atomic E-state index is 12.7. The van der Waals surface area contributed by atoms with Gasteiger partial charge in [-0.3, -0.25) is 15.1 Å². The Balaban J connectivity index is 1.46. The molecule has 1 heterocycles. The summed E-state index contributed by atoms with van der Waals surface area (Å²) in [6, 6.07) is -0.221. The van der Waals surface area contributed by atoms with Crippen molar-refractivity contribution >= 4 is 18.1 Å². The molecule has 0 spiro atoms. The molecule has 11 heteroatoms. The summed E-state index contributed by atoms with van der Waals surface area (Å²) in [7, 11) is 0. The van der Waals surface area contributed by atoms with Crippen LogP contribution < -0.4 is 33.0 Å². The van der Waals surface area contributed by atoms with E-state index in [9.17, 15) is 14.4 Å². The third-order valence-electron chi connectivity index (χ3n) is 8.32. The lowest BCUT2D eigenvalue weighted by molar-refractivity contribution is 0.0779. The van der Waals surface area contributed by atoms with E-state index in [1.165, 1.54) is 0 Å². The van der Waals surface area contributed by atoms with E-state index in [-0.39, 0.29) is 58.3 Å². The molecule has 3 rings (SSSR count). The molecule has 0 aromatic carbocycles. The minimum absolute atomic E-state index is 0.0312. The van der Waals surface area contributed by atoms with Gasteiger partial charge in [-0.2, -0.15) is 0 Å². The fourth-order valence-electron chi connectivity index (χ4n) is 7.69. The number of aromatic nitrogens is 2. The maximum Gasteiger partial charge on any atom is 0.407 e. The Morgan fingerprint density at radius 1 is 0.925 bits per heavy atom. The van der Waals surface area contributed by atoms with Crippen molar-refractivity contribution < 1.29 is 14.3 Å². The molecule has 0 radical (unpaired) electrons. The molecule has 0 bridgehead atoms. The number of alkyl carbamates (subject to hydrolysis) is 1. The van der Waals surface area contributed by atoms with Crippen molar-refractivity contribution in [3.05, 3.63) is 21.6 Å². The second-order valence-corrected chi connectivity index (χ2v) is 14.7. The van der Waals surface area contributed by atoms with E-state index in [0.29, 0.717) is 24.3 Å². The van der Waals surface area contributed by atoms with Crippen LogP contribution >= 0.6 is 0 Å². The van der Waals surface area contributed by atoms with Crippen LogP contribution in [0.3, 0.4) is 0 Å². The first-order valence-electron chi connectivity index (χ1n) is 14.4. The van der Waals surface area contributed by atoms with Crippen LogP contribution in [0.15, 0.2) is 4.79 Å². The summed E-state index contributed by atoms with van der Waals surface area (Å²) < 4.78 is 5.34. The number of H-pyrrole nitrogens is 1. The standard InChI is InChI=1S/C29H51N7O4/c1-18-21(8-9-40-25(39)33-17-29(7)13-20(31)11-27(4,5)15-29)22(37)35-23(34-18)36-24(38)32-16-28(6)12-19(30)10-26(2,3)14-28/h19-20H,8-17,30-31H2,1-7H3,(H,33,39)(H3,32,34,35,36,37,38). The number of hydrogen-bond acceptors (Lipinski definition) is 7. The van der Waals surface area contributed by atoms with Gasteiger partial charge >= 0.3 is 12.1 Å². The summed E-state index contributed by atoms with van der Waals surface area (Å²) in [5, 5.41) is 8.39. The van der Waals surface area contributed by atoms with Crippen LogP contribution in [-0.4, -0.2) is 53.9 Å². The van der Waals surface area contributed by atoms with Gasteiger partial charge in [0.15, 0.2) is 0 Å². The number of carbonyl (C=O) groups is 2. The monoisotopic (exact) mass is 561 g/mol. The molecule has 2 fully saturated rings. The Morgan fingerprint density at radius 3 is 1.95 bits per heavy atom. The molecule has 0 aliphatic heterocycles. The Bertz CT molecular complexity index is 1130. The number of nitrogens with zero attached hydrogens (tertiary/aromatic N) is 1. The predicted octanol–water partition coefficient (Wildman–Crippen LogP) is 3.56. The number of urea groups is 1. The molecular weight excluding hydrogens is 510 g/mol. The van der Waals surface area contributed by atoms with Gasteiger partial charge in [0.2, 0.25) is 5.95 Å². The largest absolute Gasteiger partial charge is 0.449 e. The van der Waals surface area contributed by atoms with E-state index in [4.69, 9.17) is 16.2 Å². The SMILES string of the molecule is Cc1nc(NC(=O)NCC2(C)CC(N)CC(C)(C)C2)[nH]c(=O)c1CCOC(=O)NCC1(C)CC(N)CC(C)(C)C1. The minimum Gasteiger partial charge on any atom is -0.449 e. The third-order valence-corrected chi connectivity index (χ3v) is 8.32. The smallest absolute Gasteiger partial charge is 0.407 e. The second-order valence-electron chi connectivity index (χ2n) is 14.7. The number of nitrogens with two attached hydrogens (primary N) is 2. The highest BCUT2D eigenvalue weighted by atomic mass is 16.5. The Morgan fingerprint density at radius 2 is 1.45 bits per heavy atom. The van der Waals surface area contributed by atoms with Crippen LogP contribution in [0.4, 0.5) is 15.5 Å². The average molecular weight is 562 g/mol. The third kappa shape index (κ3) is 9.19. The first kappa shape index (κ1) is 31.9. The molecule has 1 aromatic rings. The van der Waals surface area contributed by atoms with E-state index in [2.05, 4.69) is 67.5 Å². The summed E-state index contributed by atoms with van der Waals surface area (Å²) in [4.78, 5) is 44.5. The summed E-state index contributed by atoms with van der Waals surface area (Å²) in [6.45, 7) is 15.8. The van der Waals surface area contributed by atoms with E-state index >= 15 is 0 Å². The van der Waals surface area contributed by atoms with Crippen LogP contribution in [-0.2, 0) is 11.2 Å². The van der Waals surface area contributed by atoms with Crippen LogP contribution in [0.2, 0.25) is 0 Å². The lowest BCUT2D eigenvalue weighted by atomic mass is 9.63. The molecule has 2 saturated carbocycles. The normalized spacial score (nSPS) is 29.3. The predicted molar refractivity (Wildman–Crippen MR) is 157 cm³/mol. The van der Waals surface area contributed by atoms with Gasteiger partial charge in [0, 0.05) is 37.2 Å². The Hall–Kier alpha value is -2.66. The molecule has 3 amide bonds. The molecule has 4 atom stereocenters. The van der Waals surface area contributed by atoms with Gasteiger partial charge in [-0.25, -0.2) is 14.6 Å². The Kier molecular flexibility index (Phi) is 9.61. The van der Waals surface area contributed by atoms with Gasteiger partial charge < -0.3 is 26.8 Å². The van der Waals surface area contributed by atoms with E-state index in [0.717, 1.165) is 38.5 Å². The highest BCUT2D eigenvalue weighted by Gasteiger charge is 2.41. The van der Waals surface area contributed by atoms with E-state index in [1.54, 1.807) is 6.92 Å². The number of aryl methyl sites for hydroxylation is 1. The van der Waals surface area contributed by atoms with Gasteiger partial charge in [0.1, 0.15) is 0 Å². The van der Waals surface area contributed by atoms with Crippen LogP contribution in [0.1, 0.15) is 91.3 Å². The van der Waals surface area contributed by atoms with Crippen molar-refractivity contribution in [3.63, 3.8) is 0 Å². The molecule has 8 N–H and O–H groups in total. The molecule has 226 valence electrons. The molecular formula is C29H51N7O4. The summed E-state index contributed by atoms with van der Waals surface area (Å²) in [5.41, 5.74) is 13.0. The average Bonchev–Trinajstić information content (AvgIpc) is 2.75. The zero-order valence-corrected chi connectivity index (χ0v) is 25.5. The summed E-state index contributed by atoms with van der Waals surface area (Å²) in [6.07, 6.45) is 5.24. The minimum atomic E-state index is -0.522. The van der Waals surface area contributed by atoms with Gasteiger partial charge in [0.05, 0.1) is 12.3 Å². The number of nitrogens with one attached hydrogen (secondary N) is 4. The molecule has 2 aliphatic rings. The number of aromatic amines is 1. The van der Waals surface area contributed by atoms with Crippen LogP contribution in [0.5, 0.6) is 0 Å². The van der Waals surface area contributed by atoms with Crippen molar-refractivity contribution in [1.82, 2.24) is 20.6 Å².